The van der Waals surface area contributed by atoms with Gasteiger partial charge in [0.05, 0.1) is 18.8 Å². The number of carbonyl (C=O) groups is 1. The van der Waals surface area contributed by atoms with Crippen molar-refractivity contribution < 1.29 is 14.6 Å². The zero-order chi connectivity index (χ0) is 16.9. The topological polar surface area (TPSA) is 62.7 Å². The van der Waals surface area contributed by atoms with Crippen LogP contribution in [0.5, 0.6) is 5.88 Å². The van der Waals surface area contributed by atoms with Gasteiger partial charge in [-0.2, -0.15) is 0 Å². The lowest BCUT2D eigenvalue weighted by atomic mass is 9.87. The highest BCUT2D eigenvalue weighted by molar-refractivity contribution is 5.94. The lowest BCUT2D eigenvalue weighted by molar-refractivity contribution is 0.0462. The molecule has 0 radical (unpaired) electrons. The van der Waals surface area contributed by atoms with Crippen LogP contribution in [0.15, 0.2) is 48.7 Å². The van der Waals surface area contributed by atoms with Gasteiger partial charge in [-0.3, -0.25) is 4.79 Å². The van der Waals surface area contributed by atoms with Crippen molar-refractivity contribution in [1.82, 2.24) is 9.88 Å². The van der Waals surface area contributed by atoms with Gasteiger partial charge in [0.1, 0.15) is 0 Å². The van der Waals surface area contributed by atoms with Crippen LogP contribution < -0.4 is 4.74 Å². The van der Waals surface area contributed by atoms with E-state index in [4.69, 9.17) is 4.74 Å². The Morgan fingerprint density at radius 3 is 2.50 bits per heavy atom. The smallest absolute Gasteiger partial charge is 0.255 e. The normalized spacial score (nSPS) is 16.7. The number of methoxy groups -OCH3 is 1. The van der Waals surface area contributed by atoms with Crippen molar-refractivity contribution in [2.24, 2.45) is 5.92 Å². The largest absolute Gasteiger partial charge is 0.481 e. The van der Waals surface area contributed by atoms with Crippen LogP contribution in [0, 0.1) is 5.92 Å². The van der Waals surface area contributed by atoms with E-state index >= 15 is 0 Å². The second-order valence-corrected chi connectivity index (χ2v) is 6.07. The van der Waals surface area contributed by atoms with Crippen molar-refractivity contribution in [3.63, 3.8) is 0 Å². The van der Waals surface area contributed by atoms with E-state index in [-0.39, 0.29) is 11.8 Å². The molecule has 2 aromatic rings. The number of amides is 1. The molecule has 0 saturated carbocycles. The third-order valence-corrected chi connectivity index (χ3v) is 4.61. The molecule has 2 heterocycles. The molecule has 126 valence electrons. The Hall–Kier alpha value is -2.40. The van der Waals surface area contributed by atoms with Crippen LogP contribution in [-0.2, 0) is 0 Å². The molecule has 0 aliphatic carbocycles. The molecule has 1 aromatic heterocycles. The molecule has 0 spiro atoms. The first kappa shape index (κ1) is 16.5. The number of hydrogen-bond acceptors (Lipinski definition) is 4. The lowest BCUT2D eigenvalue weighted by Gasteiger charge is -2.34. The van der Waals surface area contributed by atoms with Gasteiger partial charge < -0.3 is 14.7 Å². The number of rotatable bonds is 4. The Morgan fingerprint density at radius 2 is 1.92 bits per heavy atom. The van der Waals surface area contributed by atoms with Crippen LogP contribution in [0.3, 0.4) is 0 Å². The molecular weight excluding hydrogens is 304 g/mol. The van der Waals surface area contributed by atoms with Crippen molar-refractivity contribution in [3.8, 4) is 5.88 Å². The fourth-order valence-corrected chi connectivity index (χ4v) is 3.15. The third-order valence-electron chi connectivity index (χ3n) is 4.61. The summed E-state index contributed by atoms with van der Waals surface area (Å²) in [5, 5.41) is 10.5. The minimum atomic E-state index is -0.467. The predicted octanol–water partition coefficient (Wildman–Crippen LogP) is 2.68. The summed E-state index contributed by atoms with van der Waals surface area (Å²) < 4.78 is 5.01. The molecule has 1 aliphatic rings. The SMILES string of the molecule is COc1ccc(C(=O)N2CCC([C@H](O)c3ccccc3)CC2)cn1. The van der Waals surface area contributed by atoms with Crippen LogP contribution in [0.4, 0.5) is 0 Å². The van der Waals surface area contributed by atoms with Crippen LogP contribution in [-0.4, -0.2) is 41.1 Å². The molecule has 1 aromatic carbocycles. The standard InChI is InChI=1S/C19H22N2O3/c1-24-17-8-7-16(13-20-17)19(23)21-11-9-15(10-12-21)18(22)14-5-3-2-4-6-14/h2-8,13,15,18,22H,9-12H2,1H3/t18-/m1/s1. The Morgan fingerprint density at radius 1 is 1.21 bits per heavy atom. The van der Waals surface area contributed by atoms with Crippen molar-refractivity contribution >= 4 is 5.91 Å². The molecule has 0 unspecified atom stereocenters. The number of hydrogen-bond donors (Lipinski definition) is 1. The molecule has 1 amide bonds. The minimum absolute atomic E-state index is 0.0159. The van der Waals surface area contributed by atoms with Crippen molar-refractivity contribution in [2.75, 3.05) is 20.2 Å². The number of likely N-dealkylation sites (tertiary alicyclic amines) is 1. The third kappa shape index (κ3) is 3.57. The molecule has 5 nitrogen and oxygen atoms in total. The number of pyridine rings is 1. The number of carbonyl (C=O) groups excluding carboxylic acids is 1. The van der Waals surface area contributed by atoms with Crippen LogP contribution in [0.2, 0.25) is 0 Å². The maximum Gasteiger partial charge on any atom is 0.255 e. The Bertz CT molecular complexity index is 665. The second-order valence-electron chi connectivity index (χ2n) is 6.07. The van der Waals surface area contributed by atoms with E-state index in [9.17, 15) is 9.90 Å². The lowest BCUT2D eigenvalue weighted by Crippen LogP contribution is -2.39. The molecule has 0 bridgehead atoms. The molecule has 1 saturated heterocycles. The quantitative estimate of drug-likeness (QED) is 0.938. The number of aromatic nitrogens is 1. The van der Waals surface area contributed by atoms with Gasteiger partial charge >= 0.3 is 0 Å². The molecule has 1 atom stereocenters. The molecule has 24 heavy (non-hydrogen) atoms. The summed E-state index contributed by atoms with van der Waals surface area (Å²) in [4.78, 5) is 18.4. The van der Waals surface area contributed by atoms with Crippen LogP contribution >= 0.6 is 0 Å². The van der Waals surface area contributed by atoms with Gasteiger partial charge in [0.15, 0.2) is 0 Å². The van der Waals surface area contributed by atoms with Gasteiger partial charge in [-0.05, 0) is 30.4 Å². The van der Waals surface area contributed by atoms with E-state index in [0.29, 0.717) is 24.5 Å². The average Bonchev–Trinajstić information content (AvgIpc) is 2.68. The first-order valence-electron chi connectivity index (χ1n) is 8.21. The minimum Gasteiger partial charge on any atom is -0.481 e. The molecule has 1 N–H and O–H groups in total. The average molecular weight is 326 g/mol. The van der Waals surface area contributed by atoms with E-state index in [2.05, 4.69) is 4.98 Å². The summed E-state index contributed by atoms with van der Waals surface area (Å²) in [6.45, 7) is 1.30. The maximum absolute atomic E-state index is 12.5. The monoisotopic (exact) mass is 326 g/mol. The van der Waals surface area contributed by atoms with Crippen molar-refractivity contribution in [2.45, 2.75) is 18.9 Å². The highest BCUT2D eigenvalue weighted by Crippen LogP contribution is 2.31. The molecule has 1 fully saturated rings. The van der Waals surface area contributed by atoms with Crippen molar-refractivity contribution in [1.29, 1.82) is 0 Å². The summed E-state index contributed by atoms with van der Waals surface area (Å²) in [5.74, 6) is 0.666. The fourth-order valence-electron chi connectivity index (χ4n) is 3.15. The summed E-state index contributed by atoms with van der Waals surface area (Å²) in [5.41, 5.74) is 1.51. The number of benzene rings is 1. The van der Waals surface area contributed by atoms with E-state index in [0.717, 1.165) is 18.4 Å². The molecule has 1 aliphatic heterocycles. The van der Waals surface area contributed by atoms with E-state index < -0.39 is 6.10 Å². The van der Waals surface area contributed by atoms with E-state index in [1.807, 2.05) is 35.2 Å². The van der Waals surface area contributed by atoms with E-state index in [1.54, 1.807) is 25.4 Å². The highest BCUT2D eigenvalue weighted by Gasteiger charge is 2.28. The number of nitrogens with zero attached hydrogens (tertiary/aromatic N) is 2. The van der Waals surface area contributed by atoms with Gasteiger partial charge in [0.25, 0.3) is 5.91 Å². The number of piperidine rings is 1. The van der Waals surface area contributed by atoms with Gasteiger partial charge in [-0.1, -0.05) is 30.3 Å². The summed E-state index contributed by atoms with van der Waals surface area (Å²) in [6, 6.07) is 13.1. The molecule has 3 rings (SSSR count). The number of ether oxygens (including phenoxy) is 1. The molecule has 5 heteroatoms. The van der Waals surface area contributed by atoms with Gasteiger partial charge in [0.2, 0.25) is 5.88 Å². The zero-order valence-corrected chi connectivity index (χ0v) is 13.8. The van der Waals surface area contributed by atoms with Crippen molar-refractivity contribution in [3.05, 3.63) is 59.8 Å². The van der Waals surface area contributed by atoms with Gasteiger partial charge in [0, 0.05) is 25.4 Å². The fraction of sp³-hybridized carbons (Fsp3) is 0.368. The Labute approximate surface area is 141 Å². The Kier molecular flexibility index (Phi) is 5.11. The van der Waals surface area contributed by atoms with Gasteiger partial charge in [-0.25, -0.2) is 4.98 Å². The summed E-state index contributed by atoms with van der Waals surface area (Å²) in [7, 11) is 1.55. The summed E-state index contributed by atoms with van der Waals surface area (Å²) >= 11 is 0. The maximum atomic E-state index is 12.5. The second kappa shape index (κ2) is 7.45. The van der Waals surface area contributed by atoms with E-state index in [1.165, 1.54) is 0 Å². The first-order chi connectivity index (χ1) is 11.7. The van der Waals surface area contributed by atoms with Crippen LogP contribution in [0.1, 0.15) is 34.9 Å². The number of aliphatic hydroxyl groups is 1. The Balaban J connectivity index is 1.59. The molecular formula is C19H22N2O3. The first-order valence-corrected chi connectivity index (χ1v) is 8.21. The van der Waals surface area contributed by atoms with Crippen LogP contribution in [0.25, 0.3) is 0 Å². The predicted molar refractivity (Wildman–Crippen MR) is 90.8 cm³/mol. The van der Waals surface area contributed by atoms with Gasteiger partial charge in [-0.15, -0.1) is 0 Å². The zero-order valence-electron chi connectivity index (χ0n) is 13.8. The number of aliphatic hydroxyl groups excluding tert-OH is 1. The summed E-state index contributed by atoms with van der Waals surface area (Å²) in [6.07, 6.45) is 2.68. The highest BCUT2D eigenvalue weighted by atomic mass is 16.5.